The summed E-state index contributed by atoms with van der Waals surface area (Å²) in [4.78, 5) is 29.0. The number of hydrogen-bond donors (Lipinski definition) is 0. The molecule has 0 aliphatic heterocycles. The summed E-state index contributed by atoms with van der Waals surface area (Å²) in [7, 11) is 1.58. The fraction of sp³-hybridized carbons (Fsp3) is 0.286. The summed E-state index contributed by atoms with van der Waals surface area (Å²) < 4.78 is 18.4. The van der Waals surface area contributed by atoms with Crippen LogP contribution in [-0.4, -0.2) is 36.8 Å². The first-order valence-corrected chi connectivity index (χ1v) is 9.92. The van der Waals surface area contributed by atoms with Gasteiger partial charge in [-0.05, 0) is 49.7 Å². The fourth-order valence-corrected chi connectivity index (χ4v) is 3.82. The average molecular weight is 414 g/mol. The molecule has 0 fully saturated rings. The van der Waals surface area contributed by atoms with Gasteiger partial charge in [-0.15, -0.1) is 0 Å². The van der Waals surface area contributed by atoms with E-state index in [-0.39, 0.29) is 19.8 Å². The van der Waals surface area contributed by atoms with Gasteiger partial charge in [0, 0.05) is 0 Å². The molecule has 3 aromatic rings. The fourth-order valence-electron chi connectivity index (χ4n) is 2.74. The maximum absolute atomic E-state index is 12.4. The van der Waals surface area contributed by atoms with E-state index in [0.29, 0.717) is 16.3 Å². The van der Waals surface area contributed by atoms with Crippen molar-refractivity contribution in [3.8, 4) is 11.5 Å². The lowest BCUT2D eigenvalue weighted by molar-refractivity contribution is -0.143. The number of esters is 1. The molecule has 0 radical (unpaired) electrons. The third-order valence-corrected chi connectivity index (χ3v) is 5.10. The van der Waals surface area contributed by atoms with Crippen molar-refractivity contribution >= 4 is 33.4 Å². The molecular formula is C21H22N2O5S. The van der Waals surface area contributed by atoms with Crippen LogP contribution < -0.4 is 14.3 Å². The van der Waals surface area contributed by atoms with E-state index in [1.807, 2.05) is 37.3 Å². The summed E-state index contributed by atoms with van der Waals surface area (Å²) in [6.07, 6.45) is 0. The lowest BCUT2D eigenvalue weighted by Gasteiger charge is -2.06. The van der Waals surface area contributed by atoms with Crippen LogP contribution in [0.2, 0.25) is 0 Å². The van der Waals surface area contributed by atoms with Gasteiger partial charge in [0.2, 0.25) is 0 Å². The van der Waals surface area contributed by atoms with Gasteiger partial charge in [-0.2, -0.15) is 4.99 Å². The van der Waals surface area contributed by atoms with Crippen molar-refractivity contribution in [2.75, 3.05) is 20.3 Å². The molecule has 1 heterocycles. The molecule has 0 aliphatic rings. The third-order valence-electron chi connectivity index (χ3n) is 4.05. The van der Waals surface area contributed by atoms with E-state index in [1.54, 1.807) is 30.7 Å². The summed E-state index contributed by atoms with van der Waals surface area (Å²) in [5, 5.41) is 0. The SMILES string of the molecule is CCOC(=O)Cn1c(=NC(=O)COc2cccc(C)c2)sc2cc(OC)ccc21. The van der Waals surface area contributed by atoms with Crippen molar-refractivity contribution < 1.29 is 23.8 Å². The number of amides is 1. The zero-order valence-corrected chi connectivity index (χ0v) is 17.3. The molecule has 8 heteroatoms. The molecule has 0 unspecified atom stereocenters. The lowest BCUT2D eigenvalue weighted by atomic mass is 10.2. The molecule has 0 saturated carbocycles. The molecule has 3 rings (SSSR count). The number of carbonyl (C=O) groups is 2. The largest absolute Gasteiger partial charge is 0.497 e. The number of carbonyl (C=O) groups excluding carboxylic acids is 2. The van der Waals surface area contributed by atoms with Crippen molar-refractivity contribution in [3.63, 3.8) is 0 Å². The topological polar surface area (TPSA) is 79.1 Å². The normalized spacial score (nSPS) is 11.5. The quantitative estimate of drug-likeness (QED) is 0.555. The second-order valence-electron chi connectivity index (χ2n) is 6.22. The predicted octanol–water partition coefficient (Wildman–Crippen LogP) is 3.09. The van der Waals surface area contributed by atoms with Gasteiger partial charge in [-0.3, -0.25) is 9.59 Å². The van der Waals surface area contributed by atoms with Gasteiger partial charge >= 0.3 is 5.97 Å². The Kier molecular flexibility index (Phi) is 6.66. The Balaban J connectivity index is 1.90. The number of benzene rings is 2. The molecule has 0 spiro atoms. The summed E-state index contributed by atoms with van der Waals surface area (Å²) in [6.45, 7) is 3.75. The van der Waals surface area contributed by atoms with Gasteiger partial charge in [0.05, 0.1) is 23.9 Å². The zero-order chi connectivity index (χ0) is 20.8. The van der Waals surface area contributed by atoms with E-state index in [9.17, 15) is 9.59 Å². The lowest BCUT2D eigenvalue weighted by Crippen LogP contribution is -2.24. The van der Waals surface area contributed by atoms with Crippen LogP contribution in [0.1, 0.15) is 12.5 Å². The first-order chi connectivity index (χ1) is 14.0. The van der Waals surface area contributed by atoms with Crippen LogP contribution in [0, 0.1) is 6.92 Å². The number of aromatic nitrogens is 1. The maximum atomic E-state index is 12.4. The van der Waals surface area contributed by atoms with E-state index >= 15 is 0 Å². The van der Waals surface area contributed by atoms with E-state index in [0.717, 1.165) is 15.8 Å². The van der Waals surface area contributed by atoms with Gasteiger partial charge in [0.1, 0.15) is 18.0 Å². The molecule has 7 nitrogen and oxygen atoms in total. The first-order valence-electron chi connectivity index (χ1n) is 9.10. The van der Waals surface area contributed by atoms with Crippen molar-refractivity contribution in [1.29, 1.82) is 0 Å². The number of thiazole rings is 1. The minimum Gasteiger partial charge on any atom is -0.497 e. The van der Waals surface area contributed by atoms with Crippen LogP contribution in [0.4, 0.5) is 0 Å². The van der Waals surface area contributed by atoms with Crippen LogP contribution in [0.25, 0.3) is 10.2 Å². The van der Waals surface area contributed by atoms with Crippen LogP contribution in [0.15, 0.2) is 47.5 Å². The highest BCUT2D eigenvalue weighted by molar-refractivity contribution is 7.16. The maximum Gasteiger partial charge on any atom is 0.326 e. The molecule has 0 aliphatic carbocycles. The zero-order valence-electron chi connectivity index (χ0n) is 16.5. The van der Waals surface area contributed by atoms with Crippen LogP contribution in [0.5, 0.6) is 11.5 Å². The van der Waals surface area contributed by atoms with E-state index in [1.165, 1.54) is 11.3 Å². The van der Waals surface area contributed by atoms with Crippen LogP contribution in [-0.2, 0) is 20.9 Å². The molecule has 0 saturated heterocycles. The van der Waals surface area contributed by atoms with Gasteiger partial charge in [0.25, 0.3) is 5.91 Å². The first kappa shape index (κ1) is 20.6. The second kappa shape index (κ2) is 9.38. The van der Waals surface area contributed by atoms with Crippen LogP contribution >= 0.6 is 11.3 Å². The standard InChI is InChI=1S/C21H22N2O5S/c1-4-27-20(25)12-23-17-9-8-15(26-3)11-18(17)29-21(23)22-19(24)13-28-16-7-5-6-14(2)10-16/h5-11H,4,12-13H2,1-3H3. The molecular weight excluding hydrogens is 392 g/mol. The Labute approximate surface area is 172 Å². The Hall–Kier alpha value is -3.13. The number of methoxy groups -OCH3 is 1. The number of hydrogen-bond acceptors (Lipinski definition) is 6. The summed E-state index contributed by atoms with van der Waals surface area (Å²) in [6, 6.07) is 12.9. The number of nitrogens with zero attached hydrogens (tertiary/aromatic N) is 2. The molecule has 152 valence electrons. The van der Waals surface area contributed by atoms with Crippen molar-refractivity contribution in [2.45, 2.75) is 20.4 Å². The Morgan fingerprint density at radius 3 is 2.69 bits per heavy atom. The van der Waals surface area contributed by atoms with Gasteiger partial charge < -0.3 is 18.8 Å². The Bertz CT molecular complexity index is 1100. The number of aryl methyl sites for hydroxylation is 1. The molecule has 1 aromatic heterocycles. The number of rotatable bonds is 7. The highest BCUT2D eigenvalue weighted by Crippen LogP contribution is 2.23. The second-order valence-corrected chi connectivity index (χ2v) is 7.23. The highest BCUT2D eigenvalue weighted by Gasteiger charge is 2.13. The van der Waals surface area contributed by atoms with Crippen LogP contribution in [0.3, 0.4) is 0 Å². The molecule has 0 atom stereocenters. The monoisotopic (exact) mass is 414 g/mol. The smallest absolute Gasteiger partial charge is 0.326 e. The Morgan fingerprint density at radius 2 is 1.97 bits per heavy atom. The minimum atomic E-state index is -0.442. The Morgan fingerprint density at radius 1 is 1.14 bits per heavy atom. The molecule has 29 heavy (non-hydrogen) atoms. The molecule has 0 bridgehead atoms. The van der Waals surface area contributed by atoms with Crippen molar-refractivity contribution in [3.05, 3.63) is 52.8 Å². The molecule has 1 amide bonds. The summed E-state index contributed by atoms with van der Waals surface area (Å²) in [5.74, 6) is 0.451. The number of fused-ring (bicyclic) bond motifs is 1. The molecule has 2 aromatic carbocycles. The number of ether oxygens (including phenoxy) is 3. The summed E-state index contributed by atoms with van der Waals surface area (Å²) >= 11 is 1.30. The highest BCUT2D eigenvalue weighted by atomic mass is 32.1. The van der Waals surface area contributed by atoms with E-state index in [4.69, 9.17) is 14.2 Å². The predicted molar refractivity (Wildman–Crippen MR) is 110 cm³/mol. The van der Waals surface area contributed by atoms with Crippen molar-refractivity contribution in [2.24, 2.45) is 4.99 Å². The van der Waals surface area contributed by atoms with Gasteiger partial charge in [0.15, 0.2) is 11.4 Å². The van der Waals surface area contributed by atoms with Gasteiger partial charge in [-0.25, -0.2) is 0 Å². The van der Waals surface area contributed by atoms with Crippen molar-refractivity contribution in [1.82, 2.24) is 4.57 Å². The third kappa shape index (κ3) is 5.23. The minimum absolute atomic E-state index is 0.0367. The summed E-state index contributed by atoms with van der Waals surface area (Å²) in [5.41, 5.74) is 1.81. The average Bonchev–Trinajstić information content (AvgIpc) is 3.02. The van der Waals surface area contributed by atoms with Gasteiger partial charge in [-0.1, -0.05) is 23.5 Å². The van der Waals surface area contributed by atoms with E-state index in [2.05, 4.69) is 4.99 Å². The molecule has 0 N–H and O–H groups in total. The van der Waals surface area contributed by atoms with E-state index < -0.39 is 11.9 Å².